The van der Waals surface area contributed by atoms with Crippen molar-refractivity contribution in [2.45, 2.75) is 39.0 Å². The standard InChI is InChI=1S/C16H24N6O3/c1-10-8-14(21(4)18-10)22-7-6-12(16(22)23)20(3)9-13-17-15(19-25-13)11(2)24-5/h8,11-12H,6-7,9H2,1-5H3. The van der Waals surface area contributed by atoms with Gasteiger partial charge in [0.05, 0.1) is 18.3 Å². The van der Waals surface area contributed by atoms with Gasteiger partial charge >= 0.3 is 0 Å². The van der Waals surface area contributed by atoms with Gasteiger partial charge in [-0.2, -0.15) is 10.1 Å². The molecular weight excluding hydrogens is 324 g/mol. The second-order valence-electron chi connectivity index (χ2n) is 6.40. The van der Waals surface area contributed by atoms with E-state index < -0.39 is 0 Å². The Hall–Kier alpha value is -2.26. The zero-order valence-electron chi connectivity index (χ0n) is 15.3. The Morgan fingerprint density at radius 2 is 2.28 bits per heavy atom. The molecule has 1 amide bonds. The van der Waals surface area contributed by atoms with Crippen molar-refractivity contribution >= 4 is 11.7 Å². The van der Waals surface area contributed by atoms with Gasteiger partial charge in [-0.1, -0.05) is 5.16 Å². The summed E-state index contributed by atoms with van der Waals surface area (Å²) in [6.45, 7) is 4.86. The summed E-state index contributed by atoms with van der Waals surface area (Å²) in [5, 5.41) is 8.24. The highest BCUT2D eigenvalue weighted by Crippen LogP contribution is 2.25. The van der Waals surface area contributed by atoms with E-state index >= 15 is 0 Å². The summed E-state index contributed by atoms with van der Waals surface area (Å²) < 4.78 is 12.2. The summed E-state index contributed by atoms with van der Waals surface area (Å²) >= 11 is 0. The van der Waals surface area contributed by atoms with Crippen molar-refractivity contribution in [2.24, 2.45) is 7.05 Å². The van der Waals surface area contributed by atoms with E-state index in [1.165, 1.54) is 0 Å². The van der Waals surface area contributed by atoms with Gasteiger partial charge in [0, 0.05) is 26.8 Å². The van der Waals surface area contributed by atoms with Crippen LogP contribution in [0.4, 0.5) is 5.82 Å². The van der Waals surface area contributed by atoms with Crippen molar-refractivity contribution in [3.05, 3.63) is 23.5 Å². The minimum atomic E-state index is -0.223. The van der Waals surface area contributed by atoms with Gasteiger partial charge in [0.2, 0.25) is 11.8 Å². The summed E-state index contributed by atoms with van der Waals surface area (Å²) in [7, 11) is 5.34. The quantitative estimate of drug-likeness (QED) is 0.771. The van der Waals surface area contributed by atoms with Gasteiger partial charge in [-0.15, -0.1) is 0 Å². The average molecular weight is 348 g/mol. The van der Waals surface area contributed by atoms with Crippen LogP contribution in [0.1, 0.15) is 36.9 Å². The van der Waals surface area contributed by atoms with Crippen LogP contribution in [0.15, 0.2) is 10.6 Å². The largest absolute Gasteiger partial charge is 0.374 e. The van der Waals surface area contributed by atoms with E-state index in [1.54, 1.807) is 16.7 Å². The van der Waals surface area contributed by atoms with Crippen LogP contribution in [-0.4, -0.2) is 57.5 Å². The maximum atomic E-state index is 12.8. The Bertz CT molecular complexity index is 755. The van der Waals surface area contributed by atoms with Crippen LogP contribution in [-0.2, 0) is 23.1 Å². The molecule has 2 unspecified atom stereocenters. The maximum absolute atomic E-state index is 12.8. The first-order chi connectivity index (χ1) is 11.9. The Morgan fingerprint density at radius 1 is 1.52 bits per heavy atom. The molecule has 0 spiro atoms. The normalized spacial score (nSPS) is 19.2. The highest BCUT2D eigenvalue weighted by molar-refractivity contribution is 5.98. The zero-order chi connectivity index (χ0) is 18.1. The third kappa shape index (κ3) is 3.42. The number of carbonyl (C=O) groups is 1. The summed E-state index contributed by atoms with van der Waals surface area (Å²) in [4.78, 5) is 20.9. The predicted octanol–water partition coefficient (Wildman–Crippen LogP) is 1.06. The molecule has 0 aliphatic carbocycles. The Kier molecular flexibility index (Phi) is 4.87. The van der Waals surface area contributed by atoms with Crippen LogP contribution in [0.5, 0.6) is 0 Å². The molecule has 25 heavy (non-hydrogen) atoms. The molecular formula is C16H24N6O3. The van der Waals surface area contributed by atoms with Crippen molar-refractivity contribution in [1.29, 1.82) is 0 Å². The van der Waals surface area contributed by atoms with Crippen molar-refractivity contribution < 1.29 is 14.1 Å². The van der Waals surface area contributed by atoms with Crippen molar-refractivity contribution in [2.75, 3.05) is 25.6 Å². The fourth-order valence-electron chi connectivity index (χ4n) is 3.08. The van der Waals surface area contributed by atoms with Crippen molar-refractivity contribution in [3.63, 3.8) is 0 Å². The number of likely N-dealkylation sites (N-methyl/N-ethyl adjacent to an activating group) is 1. The fourth-order valence-corrected chi connectivity index (χ4v) is 3.08. The summed E-state index contributed by atoms with van der Waals surface area (Å²) in [6, 6.07) is 1.71. The highest BCUT2D eigenvalue weighted by atomic mass is 16.5. The monoisotopic (exact) mass is 348 g/mol. The molecule has 1 fully saturated rings. The summed E-state index contributed by atoms with van der Waals surface area (Å²) in [5.41, 5.74) is 0.896. The van der Waals surface area contributed by atoms with Gasteiger partial charge < -0.3 is 9.26 Å². The van der Waals surface area contributed by atoms with E-state index in [-0.39, 0.29) is 18.1 Å². The lowest BCUT2D eigenvalue weighted by atomic mass is 10.2. The smallest absolute Gasteiger partial charge is 0.245 e. The molecule has 9 nitrogen and oxygen atoms in total. The molecule has 2 atom stereocenters. The number of methoxy groups -OCH3 is 1. The Morgan fingerprint density at radius 3 is 2.92 bits per heavy atom. The number of nitrogens with zero attached hydrogens (tertiary/aromatic N) is 6. The van der Waals surface area contributed by atoms with Gasteiger partial charge in [-0.3, -0.25) is 19.3 Å². The number of anilines is 1. The lowest BCUT2D eigenvalue weighted by Gasteiger charge is -2.22. The van der Waals surface area contributed by atoms with Crippen molar-refractivity contribution in [1.82, 2.24) is 24.8 Å². The van der Waals surface area contributed by atoms with E-state index in [2.05, 4.69) is 15.2 Å². The number of carbonyl (C=O) groups excluding carboxylic acids is 1. The molecule has 9 heteroatoms. The maximum Gasteiger partial charge on any atom is 0.245 e. The molecule has 2 aromatic rings. The van der Waals surface area contributed by atoms with Gasteiger partial charge in [-0.25, -0.2) is 0 Å². The third-order valence-corrected chi connectivity index (χ3v) is 4.55. The van der Waals surface area contributed by atoms with E-state index in [0.29, 0.717) is 24.8 Å². The highest BCUT2D eigenvalue weighted by Gasteiger charge is 2.37. The number of hydrogen-bond donors (Lipinski definition) is 0. The molecule has 1 aliphatic rings. The lowest BCUT2D eigenvalue weighted by molar-refractivity contribution is -0.121. The number of aryl methyl sites for hydroxylation is 2. The minimum absolute atomic E-state index is 0.0653. The Balaban J connectivity index is 1.67. The molecule has 136 valence electrons. The summed E-state index contributed by atoms with van der Waals surface area (Å²) in [5.74, 6) is 1.88. The summed E-state index contributed by atoms with van der Waals surface area (Å²) in [6.07, 6.45) is 0.522. The number of hydrogen-bond acceptors (Lipinski definition) is 7. The number of amides is 1. The van der Waals surface area contributed by atoms with Crippen LogP contribution < -0.4 is 4.90 Å². The Labute approximate surface area is 146 Å². The van der Waals surface area contributed by atoms with Gasteiger partial charge in [0.25, 0.3) is 0 Å². The van der Waals surface area contributed by atoms with E-state index in [9.17, 15) is 4.79 Å². The van der Waals surface area contributed by atoms with E-state index in [4.69, 9.17) is 9.26 Å². The van der Waals surface area contributed by atoms with Crippen LogP contribution in [0.25, 0.3) is 0 Å². The van der Waals surface area contributed by atoms with Gasteiger partial charge in [-0.05, 0) is 27.3 Å². The third-order valence-electron chi connectivity index (χ3n) is 4.55. The number of aromatic nitrogens is 4. The first-order valence-corrected chi connectivity index (χ1v) is 8.28. The molecule has 2 aromatic heterocycles. The van der Waals surface area contributed by atoms with Crippen LogP contribution in [0.2, 0.25) is 0 Å². The van der Waals surface area contributed by atoms with Gasteiger partial charge in [0.15, 0.2) is 5.82 Å². The average Bonchev–Trinajstić information content (AvgIpc) is 3.26. The molecule has 3 rings (SSSR count). The van der Waals surface area contributed by atoms with Gasteiger partial charge in [0.1, 0.15) is 11.9 Å². The molecule has 1 saturated heterocycles. The van der Waals surface area contributed by atoms with E-state index in [0.717, 1.165) is 17.9 Å². The molecule has 0 N–H and O–H groups in total. The fraction of sp³-hybridized carbons (Fsp3) is 0.625. The second kappa shape index (κ2) is 6.93. The van der Waals surface area contributed by atoms with Crippen molar-refractivity contribution in [3.8, 4) is 0 Å². The molecule has 0 aromatic carbocycles. The van der Waals surface area contributed by atoms with Crippen LogP contribution in [0.3, 0.4) is 0 Å². The minimum Gasteiger partial charge on any atom is -0.374 e. The van der Waals surface area contributed by atoms with Crippen LogP contribution >= 0.6 is 0 Å². The molecule has 0 bridgehead atoms. The van der Waals surface area contributed by atoms with E-state index in [1.807, 2.05) is 38.9 Å². The topological polar surface area (TPSA) is 89.5 Å². The molecule has 0 radical (unpaired) electrons. The SMILES string of the molecule is COC(C)c1noc(CN(C)C2CCN(c3cc(C)nn3C)C2=O)n1. The zero-order valence-corrected chi connectivity index (χ0v) is 15.3. The molecule has 1 aliphatic heterocycles. The first kappa shape index (κ1) is 17.6. The lowest BCUT2D eigenvalue weighted by Crippen LogP contribution is -2.39. The molecule has 3 heterocycles. The number of rotatable bonds is 6. The predicted molar refractivity (Wildman–Crippen MR) is 89.9 cm³/mol. The molecule has 0 saturated carbocycles. The second-order valence-corrected chi connectivity index (χ2v) is 6.40. The van der Waals surface area contributed by atoms with Crippen LogP contribution in [0, 0.1) is 6.92 Å². The number of ether oxygens (including phenoxy) is 1. The first-order valence-electron chi connectivity index (χ1n) is 8.28.